The van der Waals surface area contributed by atoms with E-state index in [1.54, 1.807) is 85.2 Å². The summed E-state index contributed by atoms with van der Waals surface area (Å²) < 4.78 is 40.8. The number of nitrogens with zero attached hydrogens (tertiary/aromatic N) is 2. The van der Waals surface area contributed by atoms with E-state index in [2.05, 4.69) is 20.6 Å². The molecule has 0 atom stereocenters. The van der Waals surface area contributed by atoms with Gasteiger partial charge in [-0.3, -0.25) is 19.6 Å². The molecule has 0 saturated heterocycles. The fourth-order valence-electron chi connectivity index (χ4n) is 4.54. The van der Waals surface area contributed by atoms with Crippen molar-refractivity contribution in [3.05, 3.63) is 155 Å². The first-order chi connectivity index (χ1) is 23.2. The summed E-state index contributed by atoms with van der Waals surface area (Å²) >= 11 is 12.1. The standard InChI is InChI=1S/C36H22Cl2F2N4O4/c37-22-9-11-32(39)29(16-22)35(45)43-23-4-1-7-26(17-23)48-28-10-12-33(42-20-28)21-14-30(34(40)31(38)15-21)36(46)44-24-5-2-6-25(18-24)47-27-8-3-13-41-19-27/h1-20H,(H,43,45)(H,44,46). The Morgan fingerprint density at radius 3 is 1.92 bits per heavy atom. The Morgan fingerprint density at radius 1 is 0.646 bits per heavy atom. The Kier molecular flexibility index (Phi) is 9.56. The normalized spacial score (nSPS) is 10.7. The lowest BCUT2D eigenvalue weighted by atomic mass is 10.1. The van der Waals surface area contributed by atoms with Crippen LogP contribution in [0.25, 0.3) is 11.3 Å². The summed E-state index contributed by atoms with van der Waals surface area (Å²) in [6.07, 6.45) is 4.61. The van der Waals surface area contributed by atoms with Gasteiger partial charge in [0.15, 0.2) is 5.82 Å². The summed E-state index contributed by atoms with van der Waals surface area (Å²) in [5.41, 5.74) is 1.05. The van der Waals surface area contributed by atoms with Gasteiger partial charge in [-0.1, -0.05) is 35.3 Å². The van der Waals surface area contributed by atoms with E-state index in [4.69, 9.17) is 32.7 Å². The van der Waals surface area contributed by atoms with E-state index in [0.29, 0.717) is 45.6 Å². The molecule has 0 unspecified atom stereocenters. The second-order valence-electron chi connectivity index (χ2n) is 10.2. The molecular weight excluding hydrogens is 661 g/mol. The van der Waals surface area contributed by atoms with Crippen LogP contribution in [0, 0.1) is 11.6 Å². The summed E-state index contributed by atoms with van der Waals surface area (Å²) in [7, 11) is 0. The second-order valence-corrected chi connectivity index (χ2v) is 11.0. The molecule has 238 valence electrons. The lowest BCUT2D eigenvalue weighted by Crippen LogP contribution is -2.14. The lowest BCUT2D eigenvalue weighted by molar-refractivity contribution is 0.101. The topological polar surface area (TPSA) is 102 Å². The molecule has 2 N–H and O–H groups in total. The van der Waals surface area contributed by atoms with E-state index < -0.39 is 23.4 Å². The molecule has 0 aliphatic rings. The zero-order valence-corrected chi connectivity index (χ0v) is 26.1. The summed E-state index contributed by atoms with van der Waals surface area (Å²) in [6, 6.07) is 26.2. The van der Waals surface area contributed by atoms with Crippen molar-refractivity contribution in [1.29, 1.82) is 0 Å². The van der Waals surface area contributed by atoms with Crippen molar-refractivity contribution in [3.8, 4) is 34.3 Å². The van der Waals surface area contributed by atoms with E-state index in [9.17, 15) is 14.0 Å². The number of hydrogen-bond acceptors (Lipinski definition) is 6. The molecule has 2 heterocycles. The first-order valence-electron chi connectivity index (χ1n) is 14.2. The van der Waals surface area contributed by atoms with Gasteiger partial charge in [-0.15, -0.1) is 0 Å². The van der Waals surface area contributed by atoms with Gasteiger partial charge < -0.3 is 20.1 Å². The van der Waals surface area contributed by atoms with Crippen LogP contribution < -0.4 is 20.1 Å². The third-order valence-corrected chi connectivity index (χ3v) is 7.28. The van der Waals surface area contributed by atoms with Gasteiger partial charge in [0.1, 0.15) is 28.8 Å². The lowest BCUT2D eigenvalue weighted by Gasteiger charge is -2.12. The molecule has 6 rings (SSSR count). The number of ether oxygens (including phenoxy) is 2. The molecule has 8 nitrogen and oxygen atoms in total. The van der Waals surface area contributed by atoms with Gasteiger partial charge in [-0.25, -0.2) is 8.78 Å². The van der Waals surface area contributed by atoms with Crippen LogP contribution in [0.5, 0.6) is 23.0 Å². The number of nitrogens with one attached hydrogen (secondary N) is 2. The maximum absolute atomic E-state index is 15.1. The van der Waals surface area contributed by atoms with Gasteiger partial charge in [-0.05, 0) is 78.9 Å². The monoisotopic (exact) mass is 682 g/mol. The number of anilines is 2. The molecule has 0 radical (unpaired) electrons. The average molecular weight is 683 g/mol. The summed E-state index contributed by atoms with van der Waals surface area (Å²) in [5.74, 6) is -1.30. The third kappa shape index (κ3) is 7.75. The van der Waals surface area contributed by atoms with Crippen molar-refractivity contribution in [2.45, 2.75) is 0 Å². The first-order valence-corrected chi connectivity index (χ1v) is 15.0. The number of amides is 2. The van der Waals surface area contributed by atoms with E-state index in [0.717, 1.165) is 6.07 Å². The van der Waals surface area contributed by atoms with Gasteiger partial charge in [0, 0.05) is 40.3 Å². The van der Waals surface area contributed by atoms with Crippen LogP contribution in [0.4, 0.5) is 20.2 Å². The molecule has 6 aromatic rings. The quantitative estimate of drug-likeness (QED) is 0.157. The summed E-state index contributed by atoms with van der Waals surface area (Å²) in [4.78, 5) is 34.1. The van der Waals surface area contributed by atoms with Crippen molar-refractivity contribution in [3.63, 3.8) is 0 Å². The predicted octanol–water partition coefficient (Wildman–Crippen LogP) is 9.82. The zero-order chi connectivity index (χ0) is 33.6. The maximum atomic E-state index is 15.1. The van der Waals surface area contributed by atoms with Crippen LogP contribution >= 0.6 is 23.2 Å². The van der Waals surface area contributed by atoms with Crippen LogP contribution in [0.3, 0.4) is 0 Å². The predicted molar refractivity (Wildman–Crippen MR) is 179 cm³/mol. The van der Waals surface area contributed by atoms with Crippen molar-refractivity contribution in [1.82, 2.24) is 9.97 Å². The molecule has 0 spiro atoms. The number of aromatic nitrogens is 2. The van der Waals surface area contributed by atoms with Crippen molar-refractivity contribution in [2.75, 3.05) is 10.6 Å². The molecule has 0 saturated carbocycles. The smallest absolute Gasteiger partial charge is 0.258 e. The Hall–Kier alpha value is -5.84. The molecule has 0 bridgehead atoms. The van der Waals surface area contributed by atoms with Gasteiger partial charge in [0.25, 0.3) is 11.8 Å². The van der Waals surface area contributed by atoms with E-state index in [-0.39, 0.29) is 21.2 Å². The average Bonchev–Trinajstić information content (AvgIpc) is 3.08. The number of pyridine rings is 2. The largest absolute Gasteiger partial charge is 0.456 e. The molecule has 0 aliphatic heterocycles. The highest BCUT2D eigenvalue weighted by Crippen LogP contribution is 2.31. The summed E-state index contributed by atoms with van der Waals surface area (Å²) in [6.45, 7) is 0. The Bertz CT molecular complexity index is 2130. The van der Waals surface area contributed by atoms with Crippen molar-refractivity contribution < 1.29 is 27.8 Å². The fourth-order valence-corrected chi connectivity index (χ4v) is 4.93. The van der Waals surface area contributed by atoms with Gasteiger partial charge in [0.05, 0.1) is 34.2 Å². The number of rotatable bonds is 9. The highest BCUT2D eigenvalue weighted by Gasteiger charge is 2.19. The van der Waals surface area contributed by atoms with E-state index in [1.165, 1.54) is 30.5 Å². The SMILES string of the molecule is O=C(Nc1cccc(Oc2ccc(-c3cc(Cl)c(F)c(C(=O)Nc4cccc(Oc5cccnc5)c4)c3)nc2)c1)c1cc(Cl)ccc1F. The molecule has 12 heteroatoms. The minimum absolute atomic E-state index is 0.198. The van der Waals surface area contributed by atoms with Crippen LogP contribution in [-0.4, -0.2) is 21.8 Å². The van der Waals surface area contributed by atoms with Crippen LogP contribution in [-0.2, 0) is 0 Å². The summed E-state index contributed by atoms with van der Waals surface area (Å²) in [5, 5.41) is 5.26. The third-order valence-electron chi connectivity index (χ3n) is 6.77. The number of halogens is 4. The molecule has 0 fully saturated rings. The molecule has 48 heavy (non-hydrogen) atoms. The molecule has 0 aliphatic carbocycles. The highest BCUT2D eigenvalue weighted by atomic mass is 35.5. The Balaban J connectivity index is 1.14. The van der Waals surface area contributed by atoms with E-state index in [1.807, 2.05) is 0 Å². The number of hydrogen-bond donors (Lipinski definition) is 2. The minimum Gasteiger partial charge on any atom is -0.456 e. The molecule has 2 aromatic heterocycles. The van der Waals surface area contributed by atoms with Crippen LogP contribution in [0.15, 0.2) is 122 Å². The number of carbonyl (C=O) groups is 2. The van der Waals surface area contributed by atoms with Gasteiger partial charge >= 0.3 is 0 Å². The number of carbonyl (C=O) groups excluding carboxylic acids is 2. The van der Waals surface area contributed by atoms with Crippen molar-refractivity contribution >= 4 is 46.4 Å². The van der Waals surface area contributed by atoms with Gasteiger partial charge in [0.2, 0.25) is 0 Å². The van der Waals surface area contributed by atoms with Crippen molar-refractivity contribution in [2.24, 2.45) is 0 Å². The number of benzene rings is 4. The molecular formula is C36H22Cl2F2N4O4. The zero-order valence-electron chi connectivity index (χ0n) is 24.6. The van der Waals surface area contributed by atoms with Crippen LogP contribution in [0.1, 0.15) is 20.7 Å². The maximum Gasteiger partial charge on any atom is 0.258 e. The Morgan fingerprint density at radius 2 is 1.29 bits per heavy atom. The fraction of sp³-hybridized carbons (Fsp3) is 0. The minimum atomic E-state index is -0.884. The highest BCUT2D eigenvalue weighted by molar-refractivity contribution is 6.31. The molecule has 2 amide bonds. The van der Waals surface area contributed by atoms with Crippen LogP contribution in [0.2, 0.25) is 10.0 Å². The molecule has 4 aromatic carbocycles. The second kappa shape index (κ2) is 14.3. The Labute approximate surface area is 282 Å². The van der Waals surface area contributed by atoms with Gasteiger partial charge in [-0.2, -0.15) is 0 Å². The van der Waals surface area contributed by atoms with E-state index >= 15 is 4.39 Å². The first kappa shape index (κ1) is 32.1.